The van der Waals surface area contributed by atoms with Gasteiger partial charge in [0.15, 0.2) is 0 Å². The summed E-state index contributed by atoms with van der Waals surface area (Å²) in [6, 6.07) is 0. The second-order valence-corrected chi connectivity index (χ2v) is 4.44. The minimum absolute atomic E-state index is 0.319. The Morgan fingerprint density at radius 1 is 1.12 bits per heavy atom. The summed E-state index contributed by atoms with van der Waals surface area (Å²) in [5, 5.41) is 10.5. The summed E-state index contributed by atoms with van der Waals surface area (Å²) in [4.78, 5) is 10.2. The molecule has 0 aromatic heterocycles. The molecule has 0 saturated carbocycles. The molecule has 0 rings (SSSR count). The predicted molar refractivity (Wildman–Crippen MR) is 71.7 cm³/mol. The number of rotatable bonds is 10. The predicted octanol–water partition coefficient (Wildman–Crippen LogP) is 4.23. The van der Waals surface area contributed by atoms with E-state index in [-0.39, 0.29) is 0 Å². The van der Waals surface area contributed by atoms with Crippen LogP contribution in [0.5, 0.6) is 0 Å². The maximum Gasteiger partial charge on any atom is 0.303 e. The number of unbranched alkanes of at least 4 members (excludes halogenated alkanes) is 5. The fraction of sp³-hybridized carbons (Fsp3) is 0.615. The molecule has 0 aliphatic heterocycles. The van der Waals surface area contributed by atoms with Crippen molar-refractivity contribution in [1.82, 2.24) is 0 Å². The molecular weight excluding hydrogens is 220 g/mol. The number of carboxylic acid groups (broad SMARTS) is 1. The molecule has 0 aliphatic carbocycles. The minimum Gasteiger partial charge on any atom is -0.481 e. The zero-order chi connectivity index (χ0) is 12.1. The van der Waals surface area contributed by atoms with Gasteiger partial charge < -0.3 is 5.11 Å². The van der Waals surface area contributed by atoms with Crippen LogP contribution in [-0.4, -0.2) is 17.3 Å². The van der Waals surface area contributed by atoms with Crippen molar-refractivity contribution in [3.05, 3.63) is 23.6 Å². The fourth-order valence-corrected chi connectivity index (χ4v) is 1.62. The highest BCUT2D eigenvalue weighted by Crippen LogP contribution is 2.07. The molecule has 1 N–H and O–H groups in total. The molecule has 0 fully saturated rings. The van der Waals surface area contributed by atoms with Crippen LogP contribution in [0.15, 0.2) is 23.6 Å². The van der Waals surface area contributed by atoms with E-state index in [9.17, 15) is 4.79 Å². The van der Waals surface area contributed by atoms with Crippen LogP contribution in [0.2, 0.25) is 0 Å². The first-order valence-corrected chi connectivity index (χ1v) is 7.12. The van der Waals surface area contributed by atoms with Crippen LogP contribution in [0, 0.1) is 0 Å². The standard InChI is InChI=1S/C13H22O2S/c1-16-12-10-8-6-4-2-3-5-7-9-11-13(14)15/h6,8,10,12H,2-5,7,9,11H2,1H3,(H,14,15). The van der Waals surface area contributed by atoms with Crippen molar-refractivity contribution in [1.29, 1.82) is 0 Å². The highest BCUT2D eigenvalue weighted by molar-refractivity contribution is 8.01. The van der Waals surface area contributed by atoms with Crippen molar-refractivity contribution in [2.24, 2.45) is 0 Å². The van der Waals surface area contributed by atoms with Crippen molar-refractivity contribution < 1.29 is 9.90 Å². The number of hydrogen-bond donors (Lipinski definition) is 1. The van der Waals surface area contributed by atoms with Gasteiger partial charge >= 0.3 is 5.97 Å². The molecule has 92 valence electrons. The summed E-state index contributed by atoms with van der Waals surface area (Å²) in [6.07, 6.45) is 15.2. The third kappa shape index (κ3) is 13.3. The lowest BCUT2D eigenvalue weighted by atomic mass is 10.1. The van der Waals surface area contributed by atoms with Crippen LogP contribution in [0.1, 0.15) is 44.9 Å². The quantitative estimate of drug-likeness (QED) is 0.460. The monoisotopic (exact) mass is 242 g/mol. The second kappa shape index (κ2) is 12.4. The molecule has 0 aromatic carbocycles. The maximum atomic E-state index is 10.2. The van der Waals surface area contributed by atoms with Crippen molar-refractivity contribution in [2.75, 3.05) is 6.26 Å². The summed E-state index contributed by atoms with van der Waals surface area (Å²) in [7, 11) is 0. The van der Waals surface area contributed by atoms with E-state index in [2.05, 4.69) is 23.6 Å². The normalized spacial score (nSPS) is 11.6. The van der Waals surface area contributed by atoms with Crippen LogP contribution in [-0.2, 0) is 4.79 Å². The third-order valence-corrected chi connectivity index (χ3v) is 2.65. The van der Waals surface area contributed by atoms with Gasteiger partial charge in [-0.1, -0.05) is 37.5 Å². The minimum atomic E-state index is -0.677. The SMILES string of the molecule is CSC=CC=CCCCCCCCC(=O)O. The Hall–Kier alpha value is -0.700. The summed E-state index contributed by atoms with van der Waals surface area (Å²) >= 11 is 1.70. The zero-order valence-corrected chi connectivity index (χ0v) is 10.8. The number of thioether (sulfide) groups is 1. The molecule has 0 heterocycles. The zero-order valence-electron chi connectivity index (χ0n) is 10.0. The molecule has 0 radical (unpaired) electrons. The van der Waals surface area contributed by atoms with Gasteiger partial charge in [-0.05, 0) is 30.9 Å². The Bertz CT molecular complexity index is 222. The number of allylic oxidation sites excluding steroid dienone is 3. The molecule has 0 unspecified atom stereocenters. The second-order valence-electron chi connectivity index (χ2n) is 3.69. The van der Waals surface area contributed by atoms with E-state index in [1.807, 2.05) is 6.26 Å². The topological polar surface area (TPSA) is 37.3 Å². The number of carbonyl (C=O) groups is 1. The van der Waals surface area contributed by atoms with E-state index in [1.54, 1.807) is 11.8 Å². The number of hydrogen-bond acceptors (Lipinski definition) is 2. The average Bonchev–Trinajstić information content (AvgIpc) is 2.25. The van der Waals surface area contributed by atoms with Gasteiger partial charge in [0, 0.05) is 6.42 Å². The van der Waals surface area contributed by atoms with Crippen LogP contribution < -0.4 is 0 Å². The van der Waals surface area contributed by atoms with E-state index < -0.39 is 5.97 Å². The Morgan fingerprint density at radius 2 is 1.81 bits per heavy atom. The average molecular weight is 242 g/mol. The van der Waals surface area contributed by atoms with E-state index >= 15 is 0 Å². The van der Waals surface area contributed by atoms with Gasteiger partial charge in [-0.3, -0.25) is 4.79 Å². The van der Waals surface area contributed by atoms with Gasteiger partial charge in [0.2, 0.25) is 0 Å². The highest BCUT2D eigenvalue weighted by Gasteiger charge is 1.95. The van der Waals surface area contributed by atoms with Crippen molar-refractivity contribution in [3.63, 3.8) is 0 Å². The Kier molecular flexibility index (Phi) is 11.8. The molecule has 0 spiro atoms. The molecule has 3 heteroatoms. The summed E-state index contributed by atoms with van der Waals surface area (Å²) < 4.78 is 0. The number of carboxylic acids is 1. The van der Waals surface area contributed by atoms with Crippen molar-refractivity contribution in [2.45, 2.75) is 44.9 Å². The molecular formula is C13H22O2S. The first kappa shape index (κ1) is 15.3. The molecule has 0 amide bonds. The maximum absolute atomic E-state index is 10.2. The Balaban J connectivity index is 3.12. The van der Waals surface area contributed by atoms with Gasteiger partial charge in [0.05, 0.1) is 0 Å². The van der Waals surface area contributed by atoms with Crippen LogP contribution in [0.25, 0.3) is 0 Å². The lowest BCUT2D eigenvalue weighted by molar-refractivity contribution is -0.137. The molecule has 0 aromatic rings. The van der Waals surface area contributed by atoms with Gasteiger partial charge in [0.1, 0.15) is 0 Å². The van der Waals surface area contributed by atoms with Crippen LogP contribution in [0.3, 0.4) is 0 Å². The molecule has 0 saturated heterocycles. The van der Waals surface area contributed by atoms with Crippen LogP contribution in [0.4, 0.5) is 0 Å². The summed E-state index contributed by atoms with van der Waals surface area (Å²) in [5.41, 5.74) is 0. The van der Waals surface area contributed by atoms with Crippen molar-refractivity contribution >= 4 is 17.7 Å². The first-order chi connectivity index (χ1) is 7.77. The smallest absolute Gasteiger partial charge is 0.303 e. The van der Waals surface area contributed by atoms with E-state index in [4.69, 9.17) is 5.11 Å². The van der Waals surface area contributed by atoms with Crippen molar-refractivity contribution in [3.8, 4) is 0 Å². The molecule has 0 bridgehead atoms. The number of aliphatic carboxylic acids is 1. The highest BCUT2D eigenvalue weighted by atomic mass is 32.2. The third-order valence-electron chi connectivity index (χ3n) is 2.22. The van der Waals surface area contributed by atoms with Gasteiger partial charge in [-0.2, -0.15) is 0 Å². The molecule has 2 nitrogen and oxygen atoms in total. The van der Waals surface area contributed by atoms with Gasteiger partial charge in [-0.25, -0.2) is 0 Å². The lowest BCUT2D eigenvalue weighted by Crippen LogP contribution is -1.93. The first-order valence-electron chi connectivity index (χ1n) is 5.83. The fourth-order valence-electron chi connectivity index (χ4n) is 1.37. The van der Waals surface area contributed by atoms with Crippen LogP contribution >= 0.6 is 11.8 Å². The summed E-state index contributed by atoms with van der Waals surface area (Å²) in [6.45, 7) is 0. The largest absolute Gasteiger partial charge is 0.481 e. The van der Waals surface area contributed by atoms with Gasteiger partial charge in [0.25, 0.3) is 0 Å². The lowest BCUT2D eigenvalue weighted by Gasteiger charge is -1.97. The van der Waals surface area contributed by atoms with E-state index in [0.717, 1.165) is 25.7 Å². The van der Waals surface area contributed by atoms with E-state index in [0.29, 0.717) is 6.42 Å². The van der Waals surface area contributed by atoms with E-state index in [1.165, 1.54) is 12.8 Å². The molecule has 16 heavy (non-hydrogen) atoms. The Morgan fingerprint density at radius 3 is 2.50 bits per heavy atom. The summed E-state index contributed by atoms with van der Waals surface area (Å²) in [5.74, 6) is -0.677. The Labute approximate surface area is 103 Å². The van der Waals surface area contributed by atoms with Gasteiger partial charge in [-0.15, -0.1) is 11.8 Å². The molecule has 0 atom stereocenters. The molecule has 0 aliphatic rings.